The minimum absolute atomic E-state index is 0. The van der Waals surface area contributed by atoms with E-state index >= 15 is 0 Å². The molecule has 0 atom stereocenters. The summed E-state index contributed by atoms with van der Waals surface area (Å²) in [6.45, 7) is 2.52. The minimum atomic E-state index is 0. The third-order valence-electron chi connectivity index (χ3n) is 4.16. The second-order valence-electron chi connectivity index (χ2n) is 6.13. The van der Waals surface area contributed by atoms with E-state index in [2.05, 4.69) is 20.6 Å². The molecule has 8 heteroatoms. The third kappa shape index (κ3) is 5.86. The van der Waals surface area contributed by atoms with Crippen molar-refractivity contribution in [3.63, 3.8) is 0 Å². The molecule has 0 radical (unpaired) electrons. The van der Waals surface area contributed by atoms with E-state index in [0.29, 0.717) is 29.9 Å². The van der Waals surface area contributed by atoms with Crippen LogP contribution in [0.25, 0.3) is 11.5 Å². The number of rotatable bonds is 6. The number of hydrogen-bond acceptors (Lipinski definition) is 5. The predicted molar refractivity (Wildman–Crippen MR) is 125 cm³/mol. The van der Waals surface area contributed by atoms with Gasteiger partial charge in [-0.2, -0.15) is 0 Å². The maximum atomic E-state index is 5.59. The number of halogens is 1. The van der Waals surface area contributed by atoms with E-state index in [1.807, 2.05) is 49.4 Å². The monoisotopic (exact) mass is 508 g/mol. The number of benzene rings is 2. The largest absolute Gasteiger partial charge is 0.493 e. The molecule has 0 saturated carbocycles. The summed E-state index contributed by atoms with van der Waals surface area (Å²) in [5, 5.41) is 6.43. The summed E-state index contributed by atoms with van der Waals surface area (Å²) in [4.78, 5) is 8.76. The van der Waals surface area contributed by atoms with Crippen LogP contribution in [0.15, 0.2) is 58.1 Å². The number of aryl methyl sites for hydroxylation is 1. The topological polar surface area (TPSA) is 80.9 Å². The van der Waals surface area contributed by atoms with Crippen molar-refractivity contribution in [3.8, 4) is 23.0 Å². The first-order chi connectivity index (χ1) is 13.6. The van der Waals surface area contributed by atoms with E-state index in [-0.39, 0.29) is 24.0 Å². The first-order valence-corrected chi connectivity index (χ1v) is 8.84. The van der Waals surface area contributed by atoms with Crippen LogP contribution in [0.2, 0.25) is 0 Å². The number of anilines is 1. The van der Waals surface area contributed by atoms with Gasteiger partial charge in [-0.05, 0) is 31.2 Å². The summed E-state index contributed by atoms with van der Waals surface area (Å²) in [7, 11) is 4.91. The second-order valence-corrected chi connectivity index (χ2v) is 6.13. The summed E-state index contributed by atoms with van der Waals surface area (Å²) in [6, 6.07) is 13.6. The highest BCUT2D eigenvalue weighted by Gasteiger charge is 2.09. The molecular weight excluding hydrogens is 483 g/mol. The second kappa shape index (κ2) is 10.7. The molecule has 0 saturated heterocycles. The van der Waals surface area contributed by atoms with Crippen LogP contribution in [0.3, 0.4) is 0 Å². The number of ether oxygens (including phenoxy) is 2. The molecule has 29 heavy (non-hydrogen) atoms. The summed E-state index contributed by atoms with van der Waals surface area (Å²) in [6.07, 6.45) is 1.64. The molecule has 0 fully saturated rings. The van der Waals surface area contributed by atoms with Gasteiger partial charge in [-0.15, -0.1) is 24.0 Å². The van der Waals surface area contributed by atoms with Crippen molar-refractivity contribution >= 4 is 35.6 Å². The van der Waals surface area contributed by atoms with Gasteiger partial charge in [-0.3, -0.25) is 4.99 Å². The standard InChI is InChI=1S/C21H24N4O3.HI/c1-14-5-7-15(8-6-14)20-24-17(13-28-20)12-23-21(22-2)25-16-9-10-18(26-3)19(11-16)27-4;/h5-11,13H,12H2,1-4H3,(H2,22,23,25);1H. The van der Waals surface area contributed by atoms with Gasteiger partial charge in [0.1, 0.15) is 6.26 Å². The molecule has 1 heterocycles. The van der Waals surface area contributed by atoms with Crippen LogP contribution in [0.5, 0.6) is 11.5 Å². The van der Waals surface area contributed by atoms with Gasteiger partial charge in [0.25, 0.3) is 0 Å². The zero-order chi connectivity index (χ0) is 19.9. The zero-order valence-corrected chi connectivity index (χ0v) is 19.2. The molecule has 0 aliphatic carbocycles. The van der Waals surface area contributed by atoms with Crippen LogP contribution < -0.4 is 20.1 Å². The molecule has 2 aromatic carbocycles. The maximum absolute atomic E-state index is 5.59. The van der Waals surface area contributed by atoms with Gasteiger partial charge < -0.3 is 24.5 Å². The van der Waals surface area contributed by atoms with E-state index in [1.165, 1.54) is 5.56 Å². The molecule has 0 bridgehead atoms. The van der Waals surface area contributed by atoms with Crippen molar-refractivity contribution in [3.05, 3.63) is 60.0 Å². The normalized spacial score (nSPS) is 10.8. The lowest BCUT2D eigenvalue weighted by molar-refractivity contribution is 0.355. The molecule has 154 valence electrons. The summed E-state index contributed by atoms with van der Waals surface area (Å²) >= 11 is 0. The van der Waals surface area contributed by atoms with E-state index in [9.17, 15) is 0 Å². The van der Waals surface area contributed by atoms with Crippen molar-refractivity contribution in [2.24, 2.45) is 4.99 Å². The number of oxazole rings is 1. The number of aromatic nitrogens is 1. The first kappa shape index (κ1) is 22.5. The van der Waals surface area contributed by atoms with Gasteiger partial charge in [-0.25, -0.2) is 4.98 Å². The predicted octanol–water partition coefficient (Wildman–Crippen LogP) is 4.47. The maximum Gasteiger partial charge on any atom is 0.226 e. The van der Waals surface area contributed by atoms with Crippen molar-refractivity contribution < 1.29 is 13.9 Å². The average Bonchev–Trinajstić information content (AvgIpc) is 3.20. The van der Waals surface area contributed by atoms with Crippen LogP contribution in [0, 0.1) is 6.92 Å². The molecule has 2 N–H and O–H groups in total. The highest BCUT2D eigenvalue weighted by Crippen LogP contribution is 2.29. The van der Waals surface area contributed by atoms with Gasteiger partial charge in [-0.1, -0.05) is 17.7 Å². The molecule has 0 aliphatic heterocycles. The van der Waals surface area contributed by atoms with E-state index < -0.39 is 0 Å². The summed E-state index contributed by atoms with van der Waals surface area (Å²) in [5.74, 6) is 2.51. The van der Waals surface area contributed by atoms with Gasteiger partial charge in [0.15, 0.2) is 17.5 Å². The quantitative estimate of drug-likeness (QED) is 0.291. The molecule has 0 amide bonds. The van der Waals surface area contributed by atoms with Gasteiger partial charge >= 0.3 is 0 Å². The van der Waals surface area contributed by atoms with Crippen LogP contribution in [0.1, 0.15) is 11.3 Å². The number of guanidine groups is 1. The SMILES string of the molecule is CN=C(NCc1coc(-c2ccc(C)cc2)n1)Nc1ccc(OC)c(OC)c1.I. The Kier molecular flexibility index (Phi) is 8.32. The number of nitrogens with one attached hydrogen (secondary N) is 2. The molecule has 0 spiro atoms. The number of hydrogen-bond donors (Lipinski definition) is 2. The Morgan fingerprint density at radius 3 is 2.45 bits per heavy atom. The third-order valence-corrected chi connectivity index (χ3v) is 4.16. The fraction of sp³-hybridized carbons (Fsp3) is 0.238. The van der Waals surface area contributed by atoms with E-state index in [4.69, 9.17) is 13.9 Å². The van der Waals surface area contributed by atoms with Crippen LogP contribution >= 0.6 is 24.0 Å². The summed E-state index contributed by atoms with van der Waals surface area (Å²) < 4.78 is 16.2. The first-order valence-electron chi connectivity index (χ1n) is 8.84. The number of nitrogens with zero attached hydrogens (tertiary/aromatic N) is 2. The van der Waals surface area contributed by atoms with Crippen molar-refractivity contribution in [2.75, 3.05) is 26.6 Å². The Morgan fingerprint density at radius 1 is 1.07 bits per heavy atom. The van der Waals surface area contributed by atoms with Crippen molar-refractivity contribution in [1.82, 2.24) is 10.3 Å². The lowest BCUT2D eigenvalue weighted by Crippen LogP contribution is -2.30. The Balaban J connectivity index is 0.00000300. The Morgan fingerprint density at radius 2 is 1.79 bits per heavy atom. The van der Waals surface area contributed by atoms with Crippen LogP contribution in [0.4, 0.5) is 5.69 Å². The van der Waals surface area contributed by atoms with Gasteiger partial charge in [0, 0.05) is 24.4 Å². The molecular formula is C21H25IN4O3. The lowest BCUT2D eigenvalue weighted by atomic mass is 10.1. The Bertz CT molecular complexity index is 955. The fourth-order valence-corrected chi connectivity index (χ4v) is 2.62. The highest BCUT2D eigenvalue weighted by atomic mass is 127. The summed E-state index contributed by atoms with van der Waals surface area (Å²) in [5.41, 5.74) is 3.75. The Hall–Kier alpha value is -2.75. The highest BCUT2D eigenvalue weighted by molar-refractivity contribution is 14.0. The molecule has 3 rings (SSSR count). The smallest absolute Gasteiger partial charge is 0.226 e. The zero-order valence-electron chi connectivity index (χ0n) is 16.9. The minimum Gasteiger partial charge on any atom is -0.493 e. The molecule has 3 aromatic rings. The fourth-order valence-electron chi connectivity index (χ4n) is 2.62. The van der Waals surface area contributed by atoms with E-state index in [0.717, 1.165) is 16.9 Å². The van der Waals surface area contributed by atoms with Crippen LogP contribution in [-0.2, 0) is 6.54 Å². The number of methoxy groups -OCH3 is 2. The van der Waals surface area contributed by atoms with Crippen molar-refractivity contribution in [2.45, 2.75) is 13.5 Å². The molecule has 7 nitrogen and oxygen atoms in total. The lowest BCUT2D eigenvalue weighted by Gasteiger charge is -2.13. The molecule has 0 aliphatic rings. The number of aliphatic imine (C=N–C) groups is 1. The molecule has 1 aromatic heterocycles. The Labute approximate surface area is 187 Å². The average molecular weight is 508 g/mol. The van der Waals surface area contributed by atoms with Crippen LogP contribution in [-0.4, -0.2) is 32.2 Å². The molecule has 0 unspecified atom stereocenters. The van der Waals surface area contributed by atoms with Gasteiger partial charge in [0.2, 0.25) is 5.89 Å². The van der Waals surface area contributed by atoms with Gasteiger partial charge in [0.05, 0.1) is 26.5 Å². The van der Waals surface area contributed by atoms with Crippen molar-refractivity contribution in [1.29, 1.82) is 0 Å². The van der Waals surface area contributed by atoms with E-state index in [1.54, 1.807) is 27.5 Å².